The Morgan fingerprint density at radius 3 is 2.67 bits per heavy atom. The van der Waals surface area contributed by atoms with E-state index in [1.165, 1.54) is 12.1 Å². The van der Waals surface area contributed by atoms with E-state index >= 15 is 0 Å². The number of halogens is 1. The van der Waals surface area contributed by atoms with Crippen LogP contribution in [-0.4, -0.2) is 29.1 Å². The number of amides is 1. The molecule has 0 aliphatic carbocycles. The van der Waals surface area contributed by atoms with E-state index in [1.807, 2.05) is 17.8 Å². The second-order valence-electron chi connectivity index (χ2n) is 4.80. The number of nitrogens with one attached hydrogen (secondary N) is 2. The van der Waals surface area contributed by atoms with Gasteiger partial charge in [0.25, 0.3) is 0 Å². The van der Waals surface area contributed by atoms with Gasteiger partial charge in [-0.25, -0.2) is 9.37 Å². The first-order chi connectivity index (χ1) is 10.1. The molecule has 21 heavy (non-hydrogen) atoms. The molecule has 2 aromatic rings. The first-order valence-electron chi connectivity index (χ1n) is 6.78. The summed E-state index contributed by atoms with van der Waals surface area (Å²) in [7, 11) is 3.65. The number of benzene rings is 1. The fourth-order valence-electron chi connectivity index (χ4n) is 2.08. The normalized spacial score (nSPS) is 12.1. The van der Waals surface area contributed by atoms with Crippen molar-refractivity contribution >= 4 is 5.91 Å². The molecule has 6 heteroatoms. The second-order valence-corrected chi connectivity index (χ2v) is 4.80. The lowest BCUT2D eigenvalue weighted by Crippen LogP contribution is -2.32. The van der Waals surface area contributed by atoms with E-state index < -0.39 is 6.04 Å². The Bertz CT molecular complexity index is 594. The van der Waals surface area contributed by atoms with Gasteiger partial charge in [0.15, 0.2) is 0 Å². The minimum absolute atomic E-state index is 0.0818. The van der Waals surface area contributed by atoms with E-state index in [0.29, 0.717) is 18.8 Å². The van der Waals surface area contributed by atoms with Crippen molar-refractivity contribution in [3.05, 3.63) is 53.9 Å². The van der Waals surface area contributed by atoms with E-state index in [-0.39, 0.29) is 11.7 Å². The number of aryl methyl sites for hydroxylation is 1. The molecular formula is C15H19FN4O. The van der Waals surface area contributed by atoms with E-state index in [9.17, 15) is 9.18 Å². The maximum absolute atomic E-state index is 13.1. The number of rotatable bonds is 6. The van der Waals surface area contributed by atoms with Gasteiger partial charge in [-0.05, 0) is 24.7 Å². The molecule has 0 saturated heterocycles. The molecule has 1 atom stereocenters. The highest BCUT2D eigenvalue weighted by atomic mass is 19.1. The highest BCUT2D eigenvalue weighted by Gasteiger charge is 2.20. The van der Waals surface area contributed by atoms with Crippen LogP contribution < -0.4 is 10.6 Å². The Kier molecular flexibility index (Phi) is 5.05. The highest BCUT2D eigenvalue weighted by Crippen LogP contribution is 2.20. The molecule has 0 fully saturated rings. The zero-order chi connectivity index (χ0) is 15.2. The van der Waals surface area contributed by atoms with Crippen molar-refractivity contribution in [2.24, 2.45) is 7.05 Å². The van der Waals surface area contributed by atoms with Crippen LogP contribution in [0.1, 0.15) is 23.9 Å². The van der Waals surface area contributed by atoms with Crippen LogP contribution in [0.25, 0.3) is 0 Å². The van der Waals surface area contributed by atoms with Crippen molar-refractivity contribution in [3.8, 4) is 0 Å². The summed E-state index contributed by atoms with van der Waals surface area (Å²) in [6.45, 7) is 0.600. The van der Waals surface area contributed by atoms with E-state index in [2.05, 4.69) is 15.6 Å². The van der Waals surface area contributed by atoms with Crippen molar-refractivity contribution in [2.45, 2.75) is 12.5 Å². The van der Waals surface area contributed by atoms with Gasteiger partial charge in [0.2, 0.25) is 5.91 Å². The number of imidazole rings is 1. The Morgan fingerprint density at radius 1 is 1.38 bits per heavy atom. The zero-order valence-corrected chi connectivity index (χ0v) is 12.1. The summed E-state index contributed by atoms with van der Waals surface area (Å²) in [6.07, 6.45) is 3.86. The minimum atomic E-state index is -0.394. The summed E-state index contributed by atoms with van der Waals surface area (Å²) in [5, 5.41) is 5.88. The first-order valence-corrected chi connectivity index (χ1v) is 6.78. The molecule has 0 spiro atoms. The van der Waals surface area contributed by atoms with Crippen LogP contribution in [-0.2, 0) is 11.8 Å². The molecule has 1 unspecified atom stereocenters. The minimum Gasteiger partial charge on any atom is -0.342 e. The third-order valence-electron chi connectivity index (χ3n) is 3.23. The van der Waals surface area contributed by atoms with Gasteiger partial charge in [0.05, 0.1) is 0 Å². The number of hydrogen-bond donors (Lipinski definition) is 2. The van der Waals surface area contributed by atoms with Crippen LogP contribution in [0.4, 0.5) is 4.39 Å². The maximum Gasteiger partial charge on any atom is 0.222 e. The van der Waals surface area contributed by atoms with Crippen LogP contribution >= 0.6 is 0 Å². The number of aromatic nitrogens is 2. The predicted molar refractivity (Wildman–Crippen MR) is 78.1 cm³/mol. The third-order valence-corrected chi connectivity index (χ3v) is 3.23. The van der Waals surface area contributed by atoms with Crippen molar-refractivity contribution < 1.29 is 9.18 Å². The fraction of sp³-hybridized carbons (Fsp3) is 0.333. The molecule has 2 rings (SSSR count). The summed E-state index contributed by atoms with van der Waals surface area (Å²) in [6, 6.07) is 5.69. The van der Waals surface area contributed by atoms with Gasteiger partial charge in [0, 0.05) is 32.4 Å². The van der Waals surface area contributed by atoms with Gasteiger partial charge in [0.1, 0.15) is 17.7 Å². The first kappa shape index (κ1) is 15.2. The molecule has 1 aromatic heterocycles. The van der Waals surface area contributed by atoms with Gasteiger partial charge in [-0.15, -0.1) is 0 Å². The van der Waals surface area contributed by atoms with Crippen LogP contribution in [0.2, 0.25) is 0 Å². The second kappa shape index (κ2) is 6.99. The predicted octanol–water partition coefficient (Wildman–Crippen LogP) is 1.37. The van der Waals surface area contributed by atoms with Gasteiger partial charge in [-0.1, -0.05) is 12.1 Å². The molecule has 0 saturated carbocycles. The monoisotopic (exact) mass is 290 g/mol. The standard InChI is InChI=1S/C15H19FN4O/c1-17-8-7-13(21)19-14(15-18-9-10-20(15)2)11-3-5-12(16)6-4-11/h3-6,9-10,14,17H,7-8H2,1-2H3,(H,19,21). The summed E-state index contributed by atoms with van der Waals surface area (Å²) in [5.74, 6) is 0.319. The van der Waals surface area contributed by atoms with E-state index in [4.69, 9.17) is 0 Å². The van der Waals surface area contributed by atoms with Gasteiger partial charge < -0.3 is 15.2 Å². The Morgan fingerprint density at radius 2 is 2.10 bits per heavy atom. The largest absolute Gasteiger partial charge is 0.342 e. The molecule has 1 heterocycles. The van der Waals surface area contributed by atoms with Crippen molar-refractivity contribution in [1.82, 2.24) is 20.2 Å². The molecule has 0 bridgehead atoms. The molecule has 0 aliphatic rings. The van der Waals surface area contributed by atoms with Crippen LogP contribution in [0.5, 0.6) is 0 Å². The lowest BCUT2D eigenvalue weighted by atomic mass is 10.1. The zero-order valence-electron chi connectivity index (χ0n) is 12.1. The van der Waals surface area contributed by atoms with E-state index in [0.717, 1.165) is 5.56 Å². The molecule has 1 aromatic carbocycles. The van der Waals surface area contributed by atoms with E-state index in [1.54, 1.807) is 25.4 Å². The summed E-state index contributed by atoms with van der Waals surface area (Å²) in [5.41, 5.74) is 0.795. The Labute approximate surface area is 123 Å². The lowest BCUT2D eigenvalue weighted by molar-refractivity contribution is -0.121. The number of nitrogens with zero attached hydrogens (tertiary/aromatic N) is 2. The maximum atomic E-state index is 13.1. The Hall–Kier alpha value is -2.21. The topological polar surface area (TPSA) is 59.0 Å². The average molecular weight is 290 g/mol. The average Bonchev–Trinajstić information content (AvgIpc) is 2.89. The van der Waals surface area contributed by atoms with Gasteiger partial charge in [-0.3, -0.25) is 4.79 Å². The molecule has 1 amide bonds. The number of hydrogen-bond acceptors (Lipinski definition) is 3. The fourth-order valence-corrected chi connectivity index (χ4v) is 2.08. The smallest absolute Gasteiger partial charge is 0.222 e. The van der Waals surface area contributed by atoms with Crippen LogP contribution in [0.3, 0.4) is 0 Å². The quantitative estimate of drug-likeness (QED) is 0.845. The molecule has 0 radical (unpaired) electrons. The molecular weight excluding hydrogens is 271 g/mol. The van der Waals surface area contributed by atoms with Crippen molar-refractivity contribution in [2.75, 3.05) is 13.6 Å². The highest BCUT2D eigenvalue weighted by molar-refractivity contribution is 5.77. The third kappa shape index (κ3) is 3.88. The summed E-state index contributed by atoms with van der Waals surface area (Å²) in [4.78, 5) is 16.3. The molecule has 112 valence electrons. The summed E-state index contributed by atoms with van der Waals surface area (Å²) >= 11 is 0. The molecule has 2 N–H and O–H groups in total. The van der Waals surface area contributed by atoms with Crippen molar-refractivity contribution in [1.29, 1.82) is 0 Å². The van der Waals surface area contributed by atoms with Crippen molar-refractivity contribution in [3.63, 3.8) is 0 Å². The number of carbonyl (C=O) groups is 1. The molecule has 5 nitrogen and oxygen atoms in total. The molecule has 0 aliphatic heterocycles. The number of carbonyl (C=O) groups excluding carboxylic acids is 1. The Balaban J connectivity index is 2.25. The lowest BCUT2D eigenvalue weighted by Gasteiger charge is -2.19. The summed E-state index contributed by atoms with van der Waals surface area (Å²) < 4.78 is 14.9. The van der Waals surface area contributed by atoms with Gasteiger partial charge in [-0.2, -0.15) is 0 Å². The van der Waals surface area contributed by atoms with Crippen LogP contribution in [0.15, 0.2) is 36.7 Å². The van der Waals surface area contributed by atoms with Crippen LogP contribution in [0, 0.1) is 5.82 Å². The SMILES string of the molecule is CNCCC(=O)NC(c1ccc(F)cc1)c1nccn1C. The van der Waals surface area contributed by atoms with Gasteiger partial charge >= 0.3 is 0 Å².